The summed E-state index contributed by atoms with van der Waals surface area (Å²) < 4.78 is 7.24. The highest BCUT2D eigenvalue weighted by atomic mass is 16.5. The molecule has 0 N–H and O–H groups in total. The maximum absolute atomic E-state index is 12.8. The monoisotopic (exact) mass is 299 g/mol. The van der Waals surface area contributed by atoms with Gasteiger partial charge in [-0.1, -0.05) is 12.1 Å². The van der Waals surface area contributed by atoms with Gasteiger partial charge in [-0.15, -0.1) is 0 Å². The summed E-state index contributed by atoms with van der Waals surface area (Å²) in [4.78, 5) is 14.8. The summed E-state index contributed by atoms with van der Waals surface area (Å²) in [6.07, 6.45) is 5.91. The Morgan fingerprint density at radius 3 is 2.95 bits per heavy atom. The van der Waals surface area contributed by atoms with Crippen LogP contribution in [0.25, 0.3) is 0 Å². The van der Waals surface area contributed by atoms with Gasteiger partial charge in [-0.3, -0.25) is 9.48 Å². The van der Waals surface area contributed by atoms with Crippen LogP contribution < -0.4 is 4.74 Å². The first-order valence-electron chi connectivity index (χ1n) is 7.62. The molecule has 1 saturated heterocycles. The zero-order valence-electron chi connectivity index (χ0n) is 13.0. The number of para-hydroxylation sites is 1. The molecule has 3 rings (SSSR count). The first-order valence-corrected chi connectivity index (χ1v) is 7.62. The van der Waals surface area contributed by atoms with Crippen LogP contribution in [-0.4, -0.2) is 40.3 Å². The molecule has 0 saturated carbocycles. The molecule has 1 aromatic carbocycles. The second kappa shape index (κ2) is 6.22. The molecule has 2 aromatic rings. The van der Waals surface area contributed by atoms with E-state index in [1.54, 1.807) is 7.11 Å². The van der Waals surface area contributed by atoms with E-state index in [-0.39, 0.29) is 11.9 Å². The smallest absolute Gasteiger partial charge is 0.257 e. The molecule has 5 nitrogen and oxygen atoms in total. The van der Waals surface area contributed by atoms with Crippen molar-refractivity contribution in [3.8, 4) is 5.75 Å². The van der Waals surface area contributed by atoms with Crippen LogP contribution >= 0.6 is 0 Å². The number of aromatic nitrogens is 2. The maximum Gasteiger partial charge on any atom is 0.257 e. The van der Waals surface area contributed by atoms with Crippen LogP contribution in [0, 0.1) is 6.92 Å². The summed E-state index contributed by atoms with van der Waals surface area (Å²) in [6.45, 7) is 3.56. The van der Waals surface area contributed by atoms with Crippen molar-refractivity contribution in [3.05, 3.63) is 47.8 Å². The van der Waals surface area contributed by atoms with Gasteiger partial charge in [0.2, 0.25) is 0 Å². The van der Waals surface area contributed by atoms with Gasteiger partial charge in [0, 0.05) is 12.7 Å². The van der Waals surface area contributed by atoms with Gasteiger partial charge in [0.05, 0.1) is 31.5 Å². The molecule has 0 bridgehead atoms. The fraction of sp³-hybridized carbons (Fsp3) is 0.412. The van der Waals surface area contributed by atoms with E-state index in [1.807, 2.05) is 53.2 Å². The normalized spacial score (nSPS) is 17.7. The molecule has 1 atom stereocenters. The Morgan fingerprint density at radius 2 is 2.23 bits per heavy atom. The van der Waals surface area contributed by atoms with Crippen molar-refractivity contribution in [2.24, 2.45) is 0 Å². The van der Waals surface area contributed by atoms with Gasteiger partial charge in [0.25, 0.3) is 5.91 Å². The molecule has 1 fully saturated rings. The molecule has 2 heterocycles. The Balaban J connectivity index is 1.79. The molecule has 1 unspecified atom stereocenters. The fourth-order valence-electron chi connectivity index (χ4n) is 3.05. The standard InChI is InChI=1S/C17H21N3O2/c1-13-10-18-19(11-13)12-14-6-5-9-20(14)17(21)15-7-3-4-8-16(15)22-2/h3-4,7-8,10-11,14H,5-6,9,12H2,1-2H3. The van der Waals surface area contributed by atoms with Crippen LogP contribution in [0.1, 0.15) is 28.8 Å². The Morgan fingerprint density at radius 1 is 1.41 bits per heavy atom. The summed E-state index contributed by atoms with van der Waals surface area (Å²) in [5, 5.41) is 4.33. The largest absolute Gasteiger partial charge is 0.496 e. The summed E-state index contributed by atoms with van der Waals surface area (Å²) >= 11 is 0. The average Bonchev–Trinajstić information content (AvgIpc) is 3.16. The van der Waals surface area contributed by atoms with E-state index in [9.17, 15) is 4.79 Å². The third-order valence-corrected chi connectivity index (χ3v) is 4.14. The number of carbonyl (C=O) groups is 1. The lowest BCUT2D eigenvalue weighted by Crippen LogP contribution is -2.38. The highest BCUT2D eigenvalue weighted by molar-refractivity contribution is 5.97. The van der Waals surface area contributed by atoms with Gasteiger partial charge in [-0.05, 0) is 37.5 Å². The number of rotatable bonds is 4. The minimum Gasteiger partial charge on any atom is -0.496 e. The number of likely N-dealkylation sites (tertiary alicyclic amines) is 1. The molecule has 0 aliphatic carbocycles. The van der Waals surface area contributed by atoms with Crippen LogP contribution in [0.4, 0.5) is 0 Å². The van der Waals surface area contributed by atoms with Gasteiger partial charge in [0.1, 0.15) is 5.75 Å². The van der Waals surface area contributed by atoms with Crippen LogP contribution in [-0.2, 0) is 6.54 Å². The van der Waals surface area contributed by atoms with E-state index in [2.05, 4.69) is 5.10 Å². The van der Waals surface area contributed by atoms with Crippen molar-refractivity contribution in [2.45, 2.75) is 32.4 Å². The maximum atomic E-state index is 12.8. The average molecular weight is 299 g/mol. The van der Waals surface area contributed by atoms with Gasteiger partial charge in [-0.25, -0.2) is 0 Å². The number of amides is 1. The van der Waals surface area contributed by atoms with Gasteiger partial charge in [-0.2, -0.15) is 5.10 Å². The lowest BCUT2D eigenvalue weighted by atomic mass is 10.1. The van der Waals surface area contributed by atoms with Crippen molar-refractivity contribution in [3.63, 3.8) is 0 Å². The second-order valence-electron chi connectivity index (χ2n) is 5.73. The summed E-state index contributed by atoms with van der Waals surface area (Å²) in [7, 11) is 1.60. The third kappa shape index (κ3) is 2.84. The lowest BCUT2D eigenvalue weighted by molar-refractivity contribution is 0.0718. The molecule has 1 aliphatic heterocycles. The Hall–Kier alpha value is -2.30. The minimum absolute atomic E-state index is 0.0452. The number of nitrogens with zero attached hydrogens (tertiary/aromatic N) is 3. The number of hydrogen-bond acceptors (Lipinski definition) is 3. The Labute approximate surface area is 130 Å². The van der Waals surface area contributed by atoms with E-state index in [4.69, 9.17) is 4.74 Å². The van der Waals surface area contributed by atoms with Gasteiger partial charge >= 0.3 is 0 Å². The summed E-state index contributed by atoms with van der Waals surface area (Å²) in [5.41, 5.74) is 1.77. The fourth-order valence-corrected chi connectivity index (χ4v) is 3.05. The van der Waals surface area contributed by atoms with Crippen molar-refractivity contribution in [1.82, 2.24) is 14.7 Å². The number of hydrogen-bond donors (Lipinski definition) is 0. The zero-order chi connectivity index (χ0) is 15.5. The predicted molar refractivity (Wildman–Crippen MR) is 84.0 cm³/mol. The van der Waals surface area contributed by atoms with Crippen molar-refractivity contribution in [1.29, 1.82) is 0 Å². The molecular weight excluding hydrogens is 278 g/mol. The molecule has 5 heteroatoms. The highest BCUT2D eigenvalue weighted by Crippen LogP contribution is 2.25. The summed E-state index contributed by atoms with van der Waals surface area (Å²) in [6, 6.07) is 7.60. The minimum atomic E-state index is 0.0452. The number of methoxy groups -OCH3 is 1. The Bertz CT molecular complexity index is 665. The van der Waals surface area contributed by atoms with E-state index in [0.717, 1.165) is 31.5 Å². The van der Waals surface area contributed by atoms with Crippen LogP contribution in [0.15, 0.2) is 36.7 Å². The number of aryl methyl sites for hydroxylation is 1. The van der Waals surface area contributed by atoms with E-state index in [0.29, 0.717) is 11.3 Å². The number of benzene rings is 1. The predicted octanol–water partition coefficient (Wildman–Crippen LogP) is 2.50. The Kier molecular flexibility index (Phi) is 4.13. The zero-order valence-corrected chi connectivity index (χ0v) is 13.0. The third-order valence-electron chi connectivity index (χ3n) is 4.14. The topological polar surface area (TPSA) is 47.4 Å². The van der Waals surface area contributed by atoms with Crippen molar-refractivity contribution < 1.29 is 9.53 Å². The quantitative estimate of drug-likeness (QED) is 0.871. The van der Waals surface area contributed by atoms with E-state index < -0.39 is 0 Å². The number of ether oxygens (including phenoxy) is 1. The highest BCUT2D eigenvalue weighted by Gasteiger charge is 2.31. The first kappa shape index (κ1) is 14.6. The van der Waals surface area contributed by atoms with Crippen LogP contribution in [0.3, 0.4) is 0 Å². The molecule has 0 spiro atoms. The lowest BCUT2D eigenvalue weighted by Gasteiger charge is -2.25. The number of carbonyl (C=O) groups excluding carboxylic acids is 1. The molecule has 22 heavy (non-hydrogen) atoms. The summed E-state index contributed by atoms with van der Waals surface area (Å²) in [5.74, 6) is 0.678. The molecule has 1 aromatic heterocycles. The molecule has 1 aliphatic rings. The SMILES string of the molecule is COc1ccccc1C(=O)N1CCCC1Cn1cc(C)cn1. The molecular formula is C17H21N3O2. The first-order chi connectivity index (χ1) is 10.7. The van der Waals surface area contributed by atoms with E-state index >= 15 is 0 Å². The van der Waals surface area contributed by atoms with Crippen LogP contribution in [0.2, 0.25) is 0 Å². The van der Waals surface area contributed by atoms with Gasteiger partial charge in [0.15, 0.2) is 0 Å². The molecule has 116 valence electrons. The van der Waals surface area contributed by atoms with Crippen molar-refractivity contribution in [2.75, 3.05) is 13.7 Å². The van der Waals surface area contributed by atoms with Crippen molar-refractivity contribution >= 4 is 5.91 Å². The second-order valence-corrected chi connectivity index (χ2v) is 5.73. The molecule has 1 amide bonds. The molecule has 0 radical (unpaired) electrons. The van der Waals surface area contributed by atoms with E-state index in [1.165, 1.54) is 0 Å². The van der Waals surface area contributed by atoms with Crippen LogP contribution in [0.5, 0.6) is 5.75 Å². The van der Waals surface area contributed by atoms with Gasteiger partial charge < -0.3 is 9.64 Å².